The average Bonchev–Trinajstić information content (AvgIpc) is 2.76. The molecule has 1 aliphatic rings. The number of benzene rings is 2. The molecule has 0 N–H and O–H groups in total. The van der Waals surface area contributed by atoms with Crippen molar-refractivity contribution in [2.24, 2.45) is 0 Å². The zero-order valence-electron chi connectivity index (χ0n) is 18.0. The van der Waals surface area contributed by atoms with Crippen molar-refractivity contribution in [3.8, 4) is 11.5 Å². The molecule has 0 spiro atoms. The van der Waals surface area contributed by atoms with Gasteiger partial charge >= 0.3 is 0 Å². The van der Waals surface area contributed by atoms with Crippen LogP contribution in [0.3, 0.4) is 0 Å². The molecule has 0 aliphatic carbocycles. The number of carbonyl (C=O) groups excluding carboxylic acids is 2. The number of ether oxygens (including phenoxy) is 2. The van der Waals surface area contributed by atoms with Crippen LogP contribution in [0.15, 0.2) is 42.5 Å². The van der Waals surface area contributed by atoms with Crippen molar-refractivity contribution >= 4 is 11.8 Å². The molecule has 1 saturated heterocycles. The lowest BCUT2D eigenvalue weighted by atomic mass is 10.1. The first-order valence-electron chi connectivity index (χ1n) is 10.4. The Kier molecular flexibility index (Phi) is 7.33. The summed E-state index contributed by atoms with van der Waals surface area (Å²) in [6, 6.07) is 13.5. The second-order valence-corrected chi connectivity index (χ2v) is 7.50. The van der Waals surface area contributed by atoms with Gasteiger partial charge in [0.2, 0.25) is 5.91 Å². The fourth-order valence-corrected chi connectivity index (χ4v) is 3.47. The van der Waals surface area contributed by atoms with E-state index in [1.54, 1.807) is 4.90 Å². The van der Waals surface area contributed by atoms with Crippen LogP contribution in [-0.2, 0) is 16.0 Å². The van der Waals surface area contributed by atoms with E-state index in [1.165, 1.54) is 0 Å². The third-order valence-electron chi connectivity index (χ3n) is 5.48. The second-order valence-electron chi connectivity index (χ2n) is 7.50. The molecule has 3 rings (SSSR count). The summed E-state index contributed by atoms with van der Waals surface area (Å²) < 4.78 is 11.2. The molecule has 6 heteroatoms. The molecule has 1 aliphatic heterocycles. The Morgan fingerprint density at radius 2 is 1.50 bits per heavy atom. The van der Waals surface area contributed by atoms with E-state index in [0.717, 1.165) is 28.2 Å². The molecule has 0 atom stereocenters. The van der Waals surface area contributed by atoms with E-state index in [1.807, 2.05) is 68.1 Å². The van der Waals surface area contributed by atoms with Crippen molar-refractivity contribution in [2.75, 3.05) is 39.4 Å². The largest absolute Gasteiger partial charge is 0.494 e. The summed E-state index contributed by atoms with van der Waals surface area (Å²) in [7, 11) is 0. The van der Waals surface area contributed by atoms with Crippen molar-refractivity contribution < 1.29 is 19.1 Å². The number of rotatable bonds is 7. The van der Waals surface area contributed by atoms with Crippen LogP contribution in [0.4, 0.5) is 0 Å². The Morgan fingerprint density at radius 1 is 0.867 bits per heavy atom. The Bertz CT molecular complexity index is 871. The molecule has 2 amide bonds. The van der Waals surface area contributed by atoms with Crippen LogP contribution in [0.2, 0.25) is 0 Å². The van der Waals surface area contributed by atoms with Gasteiger partial charge in [0, 0.05) is 26.2 Å². The maximum absolute atomic E-state index is 12.6. The number of nitrogens with zero attached hydrogens (tertiary/aromatic N) is 2. The van der Waals surface area contributed by atoms with Crippen LogP contribution < -0.4 is 9.47 Å². The molecular weight excluding hydrogens is 380 g/mol. The first-order valence-corrected chi connectivity index (χ1v) is 10.4. The van der Waals surface area contributed by atoms with Gasteiger partial charge in [-0.15, -0.1) is 0 Å². The third kappa shape index (κ3) is 5.53. The smallest absolute Gasteiger partial charge is 0.260 e. The highest BCUT2D eigenvalue weighted by Gasteiger charge is 2.24. The second kappa shape index (κ2) is 10.1. The van der Waals surface area contributed by atoms with Gasteiger partial charge in [0.15, 0.2) is 6.61 Å². The van der Waals surface area contributed by atoms with Crippen LogP contribution in [-0.4, -0.2) is 61.0 Å². The van der Waals surface area contributed by atoms with Gasteiger partial charge in [0.25, 0.3) is 5.91 Å². The molecule has 0 saturated carbocycles. The van der Waals surface area contributed by atoms with Crippen molar-refractivity contribution in [3.63, 3.8) is 0 Å². The van der Waals surface area contributed by atoms with E-state index in [9.17, 15) is 9.59 Å². The van der Waals surface area contributed by atoms with E-state index in [4.69, 9.17) is 9.47 Å². The Hall–Kier alpha value is -3.02. The molecule has 2 aromatic carbocycles. The summed E-state index contributed by atoms with van der Waals surface area (Å²) in [4.78, 5) is 28.7. The molecule has 6 nitrogen and oxygen atoms in total. The number of hydrogen-bond acceptors (Lipinski definition) is 4. The normalized spacial score (nSPS) is 13.8. The van der Waals surface area contributed by atoms with Gasteiger partial charge in [-0.1, -0.05) is 24.3 Å². The summed E-state index contributed by atoms with van der Waals surface area (Å²) in [5.41, 5.74) is 3.15. The monoisotopic (exact) mass is 410 g/mol. The highest BCUT2D eigenvalue weighted by Crippen LogP contribution is 2.20. The Labute approximate surface area is 178 Å². The van der Waals surface area contributed by atoms with Crippen LogP contribution in [0, 0.1) is 13.8 Å². The van der Waals surface area contributed by atoms with Gasteiger partial charge in [-0.3, -0.25) is 9.59 Å². The number of hydrogen-bond donors (Lipinski definition) is 0. The van der Waals surface area contributed by atoms with E-state index < -0.39 is 0 Å². The summed E-state index contributed by atoms with van der Waals surface area (Å²) in [6.45, 7) is 8.75. The quantitative estimate of drug-likeness (QED) is 0.704. The van der Waals surface area contributed by atoms with E-state index in [2.05, 4.69) is 0 Å². The lowest BCUT2D eigenvalue weighted by molar-refractivity contribution is -0.140. The zero-order chi connectivity index (χ0) is 21.5. The summed E-state index contributed by atoms with van der Waals surface area (Å²) in [5, 5.41) is 0. The standard InChI is InChI=1S/C24H30N2O4/c1-4-29-21-10-8-20(9-11-21)16-23(27)25-12-14-26(15-13-25)24(28)17-30-22-7-5-6-18(2)19(22)3/h5-11H,4,12-17H2,1-3H3. The molecule has 0 bridgehead atoms. The van der Waals surface area contributed by atoms with Gasteiger partial charge < -0.3 is 19.3 Å². The number of aryl methyl sites for hydroxylation is 1. The summed E-state index contributed by atoms with van der Waals surface area (Å²) in [6.07, 6.45) is 0.357. The van der Waals surface area contributed by atoms with Crippen molar-refractivity contribution in [3.05, 3.63) is 59.2 Å². The SMILES string of the molecule is CCOc1ccc(CC(=O)N2CCN(C(=O)COc3cccc(C)c3C)CC2)cc1. The lowest BCUT2D eigenvalue weighted by Gasteiger charge is -2.34. The van der Waals surface area contributed by atoms with Crippen LogP contribution in [0.1, 0.15) is 23.6 Å². The highest BCUT2D eigenvalue weighted by atomic mass is 16.5. The number of amides is 2. The molecule has 0 radical (unpaired) electrons. The van der Waals surface area contributed by atoms with Crippen LogP contribution in [0.25, 0.3) is 0 Å². The predicted octanol–water partition coefficient (Wildman–Crippen LogP) is 2.99. The van der Waals surface area contributed by atoms with Gasteiger partial charge in [0.05, 0.1) is 13.0 Å². The Morgan fingerprint density at radius 3 is 2.13 bits per heavy atom. The zero-order valence-corrected chi connectivity index (χ0v) is 18.0. The van der Waals surface area contributed by atoms with Gasteiger partial charge in [0.1, 0.15) is 11.5 Å². The minimum Gasteiger partial charge on any atom is -0.494 e. The molecule has 30 heavy (non-hydrogen) atoms. The van der Waals surface area contributed by atoms with E-state index in [-0.39, 0.29) is 18.4 Å². The maximum Gasteiger partial charge on any atom is 0.260 e. The number of carbonyl (C=O) groups is 2. The molecule has 0 unspecified atom stereocenters. The minimum atomic E-state index is -0.0467. The lowest BCUT2D eigenvalue weighted by Crippen LogP contribution is -2.52. The molecule has 2 aromatic rings. The van der Waals surface area contributed by atoms with Gasteiger partial charge in [-0.25, -0.2) is 0 Å². The van der Waals surface area contributed by atoms with Crippen LogP contribution in [0.5, 0.6) is 11.5 Å². The average molecular weight is 411 g/mol. The predicted molar refractivity (Wildman–Crippen MR) is 116 cm³/mol. The molecular formula is C24H30N2O4. The topological polar surface area (TPSA) is 59.1 Å². The van der Waals surface area contributed by atoms with E-state index >= 15 is 0 Å². The van der Waals surface area contributed by atoms with Gasteiger partial charge in [-0.2, -0.15) is 0 Å². The highest BCUT2D eigenvalue weighted by molar-refractivity contribution is 5.80. The molecule has 0 aromatic heterocycles. The Balaban J connectivity index is 1.45. The first-order chi connectivity index (χ1) is 14.5. The van der Waals surface area contributed by atoms with Crippen molar-refractivity contribution in [1.29, 1.82) is 0 Å². The maximum atomic E-state index is 12.6. The van der Waals surface area contributed by atoms with Crippen molar-refractivity contribution in [1.82, 2.24) is 9.80 Å². The third-order valence-corrected chi connectivity index (χ3v) is 5.48. The summed E-state index contributed by atoms with van der Waals surface area (Å²) >= 11 is 0. The molecule has 160 valence electrons. The fraction of sp³-hybridized carbons (Fsp3) is 0.417. The van der Waals surface area contributed by atoms with Crippen LogP contribution >= 0.6 is 0 Å². The molecule has 1 fully saturated rings. The van der Waals surface area contributed by atoms with E-state index in [0.29, 0.717) is 39.2 Å². The first kappa shape index (κ1) is 21.7. The number of piperazine rings is 1. The fourth-order valence-electron chi connectivity index (χ4n) is 3.47. The molecule has 1 heterocycles. The summed E-state index contributed by atoms with van der Waals surface area (Å²) in [5.74, 6) is 1.59. The minimum absolute atomic E-state index is 0.0183. The van der Waals surface area contributed by atoms with Crippen molar-refractivity contribution in [2.45, 2.75) is 27.2 Å². The van der Waals surface area contributed by atoms with Gasteiger partial charge in [-0.05, 0) is 55.7 Å².